The first-order valence-electron chi connectivity index (χ1n) is 4.51. The van der Waals surface area contributed by atoms with E-state index in [0.717, 1.165) is 10.9 Å². The van der Waals surface area contributed by atoms with E-state index in [1.165, 1.54) is 18.2 Å². The zero-order valence-corrected chi connectivity index (χ0v) is 8.21. The van der Waals surface area contributed by atoms with E-state index in [4.69, 9.17) is 6.42 Å². The van der Waals surface area contributed by atoms with Gasteiger partial charge in [0.25, 0.3) is 0 Å². The van der Waals surface area contributed by atoms with Gasteiger partial charge < -0.3 is 5.11 Å². The molecule has 0 radical (unpaired) electrons. The molecule has 15 heavy (non-hydrogen) atoms. The Balaban J connectivity index is 2.98. The van der Waals surface area contributed by atoms with Crippen LogP contribution in [0, 0.1) is 25.1 Å². The van der Waals surface area contributed by atoms with Gasteiger partial charge in [-0.1, -0.05) is 5.92 Å². The van der Waals surface area contributed by atoms with E-state index in [0.29, 0.717) is 10.9 Å². The number of aryl methyl sites for hydroxylation is 1. The number of benzene rings is 2. The number of phenols is 1. The van der Waals surface area contributed by atoms with Crippen LogP contribution in [0.2, 0.25) is 0 Å². The molecular formula is C13H9FO. The summed E-state index contributed by atoms with van der Waals surface area (Å²) >= 11 is 0. The highest BCUT2D eigenvalue weighted by molar-refractivity contribution is 5.92. The molecule has 0 heterocycles. The fourth-order valence-electron chi connectivity index (χ4n) is 1.79. The third-order valence-corrected chi connectivity index (χ3v) is 2.35. The minimum Gasteiger partial charge on any atom is -0.508 e. The molecule has 0 unspecified atom stereocenters. The summed E-state index contributed by atoms with van der Waals surface area (Å²) in [5, 5.41) is 10.8. The van der Waals surface area contributed by atoms with Crippen LogP contribution >= 0.6 is 0 Å². The fourth-order valence-corrected chi connectivity index (χ4v) is 1.79. The lowest BCUT2D eigenvalue weighted by Crippen LogP contribution is -1.87. The summed E-state index contributed by atoms with van der Waals surface area (Å²) in [5.74, 6) is 2.18. The number of terminal acetylenes is 1. The molecule has 0 aliphatic rings. The van der Waals surface area contributed by atoms with E-state index in [9.17, 15) is 9.50 Å². The number of aromatic hydroxyl groups is 1. The SMILES string of the molecule is C#Cc1cc(F)cc2cc(O)cc(C)c12. The van der Waals surface area contributed by atoms with Crippen LogP contribution in [-0.2, 0) is 0 Å². The second-order valence-electron chi connectivity index (χ2n) is 3.46. The Bertz CT molecular complexity index is 574. The highest BCUT2D eigenvalue weighted by atomic mass is 19.1. The van der Waals surface area contributed by atoms with Crippen LogP contribution in [0.5, 0.6) is 5.75 Å². The predicted octanol–water partition coefficient (Wildman–Crippen LogP) is 2.97. The topological polar surface area (TPSA) is 20.2 Å². The second-order valence-corrected chi connectivity index (χ2v) is 3.46. The van der Waals surface area contributed by atoms with Gasteiger partial charge in [-0.3, -0.25) is 0 Å². The van der Waals surface area contributed by atoms with Gasteiger partial charge in [0.15, 0.2) is 0 Å². The van der Waals surface area contributed by atoms with Gasteiger partial charge in [-0.05, 0) is 42.1 Å². The Kier molecular flexibility index (Phi) is 2.09. The molecule has 0 saturated heterocycles. The molecule has 1 nitrogen and oxygen atoms in total. The largest absolute Gasteiger partial charge is 0.508 e. The minimum atomic E-state index is -0.388. The summed E-state index contributed by atoms with van der Waals surface area (Å²) in [6.07, 6.45) is 5.31. The number of rotatable bonds is 0. The van der Waals surface area contributed by atoms with Crippen molar-refractivity contribution < 1.29 is 9.50 Å². The van der Waals surface area contributed by atoms with Crippen LogP contribution in [0.4, 0.5) is 4.39 Å². The summed E-state index contributed by atoms with van der Waals surface area (Å²) in [6.45, 7) is 1.83. The van der Waals surface area contributed by atoms with Crippen molar-refractivity contribution in [2.24, 2.45) is 0 Å². The molecule has 0 aliphatic heterocycles. The zero-order chi connectivity index (χ0) is 11.0. The predicted molar refractivity (Wildman–Crippen MR) is 58.2 cm³/mol. The van der Waals surface area contributed by atoms with Crippen LogP contribution in [0.3, 0.4) is 0 Å². The van der Waals surface area contributed by atoms with Crippen LogP contribution in [0.25, 0.3) is 10.8 Å². The van der Waals surface area contributed by atoms with Crippen molar-refractivity contribution in [3.05, 3.63) is 41.2 Å². The molecule has 2 aromatic rings. The fraction of sp³-hybridized carbons (Fsp3) is 0.0769. The van der Waals surface area contributed by atoms with Gasteiger partial charge in [0.05, 0.1) is 0 Å². The highest BCUT2D eigenvalue weighted by Crippen LogP contribution is 2.27. The maximum absolute atomic E-state index is 13.2. The molecule has 2 heteroatoms. The molecule has 2 rings (SSSR count). The summed E-state index contributed by atoms with van der Waals surface area (Å²) in [6, 6.07) is 5.81. The third kappa shape index (κ3) is 1.53. The number of hydrogen-bond donors (Lipinski definition) is 1. The number of fused-ring (bicyclic) bond motifs is 1. The Labute approximate surface area is 87.2 Å². The molecule has 0 aromatic heterocycles. The normalized spacial score (nSPS) is 10.2. The molecule has 0 fully saturated rings. The van der Waals surface area contributed by atoms with Crippen LogP contribution in [-0.4, -0.2) is 5.11 Å². The van der Waals surface area contributed by atoms with Crippen LogP contribution < -0.4 is 0 Å². The second kappa shape index (κ2) is 3.29. The van der Waals surface area contributed by atoms with Crippen molar-refractivity contribution in [1.29, 1.82) is 0 Å². The molecule has 0 saturated carbocycles. The lowest BCUT2D eigenvalue weighted by Gasteiger charge is -2.06. The molecule has 0 bridgehead atoms. The van der Waals surface area contributed by atoms with Crippen molar-refractivity contribution in [1.82, 2.24) is 0 Å². The lowest BCUT2D eigenvalue weighted by atomic mass is 10.00. The van der Waals surface area contributed by atoms with Crippen LogP contribution in [0.1, 0.15) is 11.1 Å². The van der Waals surface area contributed by atoms with Crippen molar-refractivity contribution in [2.75, 3.05) is 0 Å². The van der Waals surface area contributed by atoms with Gasteiger partial charge in [-0.25, -0.2) is 4.39 Å². The summed E-state index contributed by atoms with van der Waals surface area (Å²) in [4.78, 5) is 0. The van der Waals surface area contributed by atoms with Gasteiger partial charge in [0, 0.05) is 10.9 Å². The Morgan fingerprint density at radius 3 is 2.67 bits per heavy atom. The molecule has 1 N–H and O–H groups in total. The molecular weight excluding hydrogens is 191 g/mol. The van der Waals surface area contributed by atoms with Gasteiger partial charge in [0.2, 0.25) is 0 Å². The maximum atomic E-state index is 13.2. The summed E-state index contributed by atoms with van der Waals surface area (Å²) < 4.78 is 13.2. The monoisotopic (exact) mass is 200 g/mol. The molecule has 0 aliphatic carbocycles. The van der Waals surface area contributed by atoms with Crippen LogP contribution in [0.15, 0.2) is 24.3 Å². The lowest BCUT2D eigenvalue weighted by molar-refractivity contribution is 0.476. The van der Waals surface area contributed by atoms with Gasteiger partial charge in [0.1, 0.15) is 11.6 Å². The van der Waals surface area contributed by atoms with E-state index < -0.39 is 0 Å². The first-order chi connectivity index (χ1) is 7.11. The molecule has 0 spiro atoms. The Hall–Kier alpha value is -2.01. The molecule has 0 amide bonds. The standard InChI is InChI=1S/C13H9FO/c1-3-9-5-11(14)6-10-7-12(15)4-8(2)13(9)10/h1,4-7,15H,2H3. The first kappa shape index (κ1) is 9.54. The van der Waals surface area contributed by atoms with E-state index in [2.05, 4.69) is 5.92 Å². The summed E-state index contributed by atoms with van der Waals surface area (Å²) in [7, 11) is 0. The number of phenolic OH excluding ortho intramolecular Hbond substituents is 1. The maximum Gasteiger partial charge on any atom is 0.125 e. The summed E-state index contributed by atoms with van der Waals surface area (Å²) in [5.41, 5.74) is 1.36. The molecule has 2 aromatic carbocycles. The first-order valence-corrected chi connectivity index (χ1v) is 4.51. The quantitative estimate of drug-likeness (QED) is 0.648. The van der Waals surface area contributed by atoms with Crippen molar-refractivity contribution >= 4 is 10.8 Å². The van der Waals surface area contributed by atoms with E-state index in [1.807, 2.05) is 6.92 Å². The van der Waals surface area contributed by atoms with Gasteiger partial charge >= 0.3 is 0 Å². The average molecular weight is 200 g/mol. The minimum absolute atomic E-state index is 0.119. The number of hydrogen-bond acceptors (Lipinski definition) is 1. The van der Waals surface area contributed by atoms with Crippen molar-refractivity contribution in [2.45, 2.75) is 6.92 Å². The van der Waals surface area contributed by atoms with Crippen molar-refractivity contribution in [3.63, 3.8) is 0 Å². The molecule has 0 atom stereocenters. The highest BCUT2D eigenvalue weighted by Gasteiger charge is 2.06. The smallest absolute Gasteiger partial charge is 0.125 e. The Morgan fingerprint density at radius 1 is 1.27 bits per heavy atom. The van der Waals surface area contributed by atoms with E-state index in [-0.39, 0.29) is 11.6 Å². The zero-order valence-electron chi connectivity index (χ0n) is 8.21. The number of halogens is 1. The van der Waals surface area contributed by atoms with E-state index >= 15 is 0 Å². The third-order valence-electron chi connectivity index (χ3n) is 2.35. The van der Waals surface area contributed by atoms with Gasteiger partial charge in [-0.2, -0.15) is 0 Å². The van der Waals surface area contributed by atoms with E-state index in [1.54, 1.807) is 6.07 Å². The van der Waals surface area contributed by atoms with Crippen molar-refractivity contribution in [3.8, 4) is 18.1 Å². The Morgan fingerprint density at radius 2 is 2.00 bits per heavy atom. The average Bonchev–Trinajstić information content (AvgIpc) is 2.14. The van der Waals surface area contributed by atoms with Gasteiger partial charge in [-0.15, -0.1) is 6.42 Å². The molecule has 74 valence electrons.